The Morgan fingerprint density at radius 1 is 0.895 bits per heavy atom. The van der Waals surface area contributed by atoms with Crippen molar-refractivity contribution in [3.05, 3.63) is 67.2 Å². The molecule has 1 nitrogen and oxygen atoms in total. The van der Waals surface area contributed by atoms with Crippen LogP contribution in [0.2, 0.25) is 0 Å². The first-order valence-corrected chi connectivity index (χ1v) is 8.23. The molecule has 4 heteroatoms. The van der Waals surface area contributed by atoms with Crippen molar-refractivity contribution in [2.45, 2.75) is 6.10 Å². The Morgan fingerprint density at radius 2 is 1.63 bits per heavy atom. The molecule has 0 bridgehead atoms. The maximum atomic E-state index is 10.6. The van der Waals surface area contributed by atoms with Gasteiger partial charge in [0.2, 0.25) is 0 Å². The zero-order valence-corrected chi connectivity index (χ0v) is 13.8. The topological polar surface area (TPSA) is 20.2 Å². The van der Waals surface area contributed by atoms with E-state index < -0.39 is 6.10 Å². The molecule has 19 heavy (non-hydrogen) atoms. The van der Waals surface area contributed by atoms with Crippen LogP contribution in [0.4, 0.5) is 0 Å². The quantitative estimate of drug-likeness (QED) is 0.604. The number of aliphatic hydroxyl groups excluding tert-OH is 1. The maximum absolute atomic E-state index is 10.6. The molecular weight excluding hydrogens is 388 g/mol. The zero-order chi connectivity index (χ0) is 13.4. The van der Waals surface area contributed by atoms with Crippen molar-refractivity contribution in [1.29, 1.82) is 0 Å². The number of rotatable bonds is 2. The van der Waals surface area contributed by atoms with E-state index in [1.54, 1.807) is 11.3 Å². The van der Waals surface area contributed by atoms with E-state index in [4.69, 9.17) is 0 Å². The molecule has 1 unspecified atom stereocenters. The summed E-state index contributed by atoms with van der Waals surface area (Å²) in [5.74, 6) is 0. The molecule has 0 saturated heterocycles. The molecule has 0 aliphatic heterocycles. The largest absolute Gasteiger partial charge is 0.383 e. The summed E-state index contributed by atoms with van der Waals surface area (Å²) >= 11 is 8.60. The fourth-order valence-corrected chi connectivity index (χ4v) is 4.24. The van der Waals surface area contributed by atoms with Gasteiger partial charge in [-0.05, 0) is 49.8 Å². The molecule has 0 spiro atoms. The van der Waals surface area contributed by atoms with Crippen LogP contribution in [0.1, 0.15) is 16.5 Å². The number of hydrogen-bond acceptors (Lipinski definition) is 2. The van der Waals surface area contributed by atoms with Crippen molar-refractivity contribution in [2.75, 3.05) is 0 Å². The molecule has 1 heterocycles. The second kappa shape index (κ2) is 5.37. The van der Waals surface area contributed by atoms with E-state index in [1.165, 1.54) is 0 Å². The van der Waals surface area contributed by atoms with Crippen LogP contribution in [0.5, 0.6) is 0 Å². The molecule has 96 valence electrons. The predicted octanol–water partition coefficient (Wildman–Crippen LogP) is 5.51. The van der Waals surface area contributed by atoms with Crippen molar-refractivity contribution in [2.24, 2.45) is 0 Å². The van der Waals surface area contributed by atoms with E-state index in [0.717, 1.165) is 30.2 Å². The van der Waals surface area contributed by atoms with Gasteiger partial charge in [-0.25, -0.2) is 0 Å². The van der Waals surface area contributed by atoms with Gasteiger partial charge in [-0.15, -0.1) is 11.3 Å². The number of halogens is 2. The summed E-state index contributed by atoms with van der Waals surface area (Å²) in [5, 5.41) is 14.8. The molecule has 2 aromatic carbocycles. The van der Waals surface area contributed by atoms with Crippen LogP contribution < -0.4 is 0 Å². The van der Waals surface area contributed by atoms with Gasteiger partial charge in [0.25, 0.3) is 0 Å². The minimum Gasteiger partial charge on any atom is -0.383 e. The van der Waals surface area contributed by atoms with Crippen molar-refractivity contribution in [3.8, 4) is 0 Å². The van der Waals surface area contributed by atoms with Gasteiger partial charge in [-0.2, -0.15) is 0 Å². The fraction of sp³-hybridized carbons (Fsp3) is 0.0667. The summed E-state index contributed by atoms with van der Waals surface area (Å²) in [6.07, 6.45) is -0.604. The van der Waals surface area contributed by atoms with Crippen LogP contribution in [0.3, 0.4) is 0 Å². The lowest BCUT2D eigenvalue weighted by molar-refractivity contribution is 0.225. The lowest BCUT2D eigenvalue weighted by atomic mass is 10.00. The lowest BCUT2D eigenvalue weighted by Gasteiger charge is -2.14. The molecule has 0 aliphatic rings. The van der Waals surface area contributed by atoms with Gasteiger partial charge in [0, 0.05) is 8.95 Å². The summed E-state index contributed by atoms with van der Waals surface area (Å²) in [5.41, 5.74) is 0.932. The molecule has 1 N–H and O–H groups in total. The standard InChI is InChI=1S/C15H10Br2OS/c16-12-6-5-11(9-3-1-2-4-10(9)12)14(18)15-13(17)7-8-19-15/h1-8,14,18H. The Hall–Kier alpha value is -0.680. The van der Waals surface area contributed by atoms with Gasteiger partial charge in [-0.1, -0.05) is 46.3 Å². The number of aliphatic hydroxyl groups is 1. The van der Waals surface area contributed by atoms with Crippen molar-refractivity contribution in [1.82, 2.24) is 0 Å². The molecule has 0 fully saturated rings. The van der Waals surface area contributed by atoms with Gasteiger partial charge in [0.1, 0.15) is 6.10 Å². The normalized spacial score (nSPS) is 12.8. The second-order valence-corrected chi connectivity index (χ2v) is 6.87. The summed E-state index contributed by atoms with van der Waals surface area (Å²) in [4.78, 5) is 0.937. The molecule has 1 aromatic heterocycles. The third-order valence-corrected chi connectivity index (χ3v) is 5.71. The van der Waals surface area contributed by atoms with E-state index in [9.17, 15) is 5.11 Å². The Balaban J connectivity index is 2.21. The highest BCUT2D eigenvalue weighted by Crippen LogP contribution is 2.37. The van der Waals surface area contributed by atoms with Crippen LogP contribution in [0, 0.1) is 0 Å². The van der Waals surface area contributed by atoms with E-state index in [2.05, 4.69) is 37.9 Å². The Bertz CT molecular complexity index is 736. The average Bonchev–Trinajstić information content (AvgIpc) is 2.85. The Kier molecular flexibility index (Phi) is 3.76. The van der Waals surface area contributed by atoms with Crippen LogP contribution >= 0.6 is 43.2 Å². The number of hydrogen-bond donors (Lipinski definition) is 1. The first kappa shape index (κ1) is 13.3. The fourth-order valence-electron chi connectivity index (χ4n) is 2.17. The van der Waals surface area contributed by atoms with Crippen LogP contribution in [-0.2, 0) is 0 Å². The highest BCUT2D eigenvalue weighted by molar-refractivity contribution is 9.11. The smallest absolute Gasteiger partial charge is 0.115 e. The molecule has 0 radical (unpaired) electrons. The molecule has 0 saturated carbocycles. The van der Waals surface area contributed by atoms with Gasteiger partial charge >= 0.3 is 0 Å². The number of benzene rings is 2. The first-order valence-electron chi connectivity index (χ1n) is 5.76. The molecule has 0 aliphatic carbocycles. The maximum Gasteiger partial charge on any atom is 0.115 e. The number of fused-ring (bicyclic) bond motifs is 1. The van der Waals surface area contributed by atoms with Crippen molar-refractivity contribution >= 4 is 54.0 Å². The Labute approximate surface area is 132 Å². The highest BCUT2D eigenvalue weighted by Gasteiger charge is 2.18. The minimum atomic E-state index is -0.604. The third kappa shape index (κ3) is 2.38. The van der Waals surface area contributed by atoms with Gasteiger partial charge in [0.15, 0.2) is 0 Å². The van der Waals surface area contributed by atoms with E-state index in [1.807, 2.05) is 41.8 Å². The van der Waals surface area contributed by atoms with Gasteiger partial charge in [-0.3, -0.25) is 0 Å². The first-order chi connectivity index (χ1) is 9.18. The predicted molar refractivity (Wildman–Crippen MR) is 87.7 cm³/mol. The van der Waals surface area contributed by atoms with Crippen LogP contribution in [-0.4, -0.2) is 5.11 Å². The summed E-state index contributed by atoms with van der Waals surface area (Å²) in [6, 6.07) is 14.0. The zero-order valence-electron chi connectivity index (χ0n) is 9.81. The lowest BCUT2D eigenvalue weighted by Crippen LogP contribution is -1.99. The number of thiophene rings is 1. The van der Waals surface area contributed by atoms with E-state index in [-0.39, 0.29) is 0 Å². The second-order valence-electron chi connectivity index (χ2n) is 4.22. The molecule has 1 atom stereocenters. The van der Waals surface area contributed by atoms with Crippen LogP contribution in [0.25, 0.3) is 10.8 Å². The Morgan fingerprint density at radius 3 is 2.32 bits per heavy atom. The van der Waals surface area contributed by atoms with Crippen molar-refractivity contribution < 1.29 is 5.11 Å². The molecule has 0 amide bonds. The van der Waals surface area contributed by atoms with Crippen LogP contribution in [0.15, 0.2) is 56.8 Å². The average molecular weight is 398 g/mol. The summed E-state index contributed by atoms with van der Waals surface area (Å²) in [7, 11) is 0. The van der Waals surface area contributed by atoms with E-state index >= 15 is 0 Å². The SMILES string of the molecule is OC(c1sccc1Br)c1ccc(Br)c2ccccc12. The molecule has 3 aromatic rings. The molecular formula is C15H10Br2OS. The van der Waals surface area contributed by atoms with Crippen molar-refractivity contribution in [3.63, 3.8) is 0 Å². The summed E-state index contributed by atoms with van der Waals surface area (Å²) in [6.45, 7) is 0. The third-order valence-electron chi connectivity index (χ3n) is 3.09. The summed E-state index contributed by atoms with van der Waals surface area (Å²) < 4.78 is 2.00. The van der Waals surface area contributed by atoms with E-state index in [0.29, 0.717) is 0 Å². The van der Waals surface area contributed by atoms with Gasteiger partial charge < -0.3 is 5.11 Å². The molecule has 3 rings (SSSR count). The monoisotopic (exact) mass is 396 g/mol. The van der Waals surface area contributed by atoms with Gasteiger partial charge in [0.05, 0.1) is 4.88 Å². The highest BCUT2D eigenvalue weighted by atomic mass is 79.9. The minimum absolute atomic E-state index is 0.604.